The first kappa shape index (κ1) is 14.3. The molecule has 18 heavy (non-hydrogen) atoms. The zero-order valence-electron chi connectivity index (χ0n) is 11.9. The van der Waals surface area contributed by atoms with E-state index in [4.69, 9.17) is 18.9 Å². The molecule has 0 aromatic rings. The van der Waals surface area contributed by atoms with Crippen LogP contribution in [0.5, 0.6) is 0 Å². The molecule has 0 bridgehead atoms. The molecule has 2 heterocycles. The highest BCUT2D eigenvalue weighted by molar-refractivity contribution is 4.96. The average Bonchev–Trinajstić information content (AvgIpc) is 2.93. The summed E-state index contributed by atoms with van der Waals surface area (Å²) < 4.78 is 23.5. The van der Waals surface area contributed by atoms with Crippen LogP contribution >= 0.6 is 0 Å². The van der Waals surface area contributed by atoms with E-state index in [2.05, 4.69) is 27.7 Å². The summed E-state index contributed by atoms with van der Waals surface area (Å²) >= 11 is 0. The highest BCUT2D eigenvalue weighted by Gasteiger charge is 2.49. The smallest absolute Gasteiger partial charge is 0.115 e. The van der Waals surface area contributed by atoms with E-state index in [0.717, 1.165) is 12.8 Å². The number of rotatable bonds is 6. The van der Waals surface area contributed by atoms with Crippen molar-refractivity contribution in [2.45, 2.75) is 77.2 Å². The summed E-state index contributed by atoms with van der Waals surface area (Å²) in [7, 11) is 0. The van der Waals surface area contributed by atoms with Crippen molar-refractivity contribution >= 4 is 0 Å². The fourth-order valence-electron chi connectivity index (χ4n) is 2.45. The molecule has 0 N–H and O–H groups in total. The Morgan fingerprint density at radius 1 is 0.889 bits per heavy atom. The van der Waals surface area contributed by atoms with Gasteiger partial charge >= 0.3 is 0 Å². The third kappa shape index (κ3) is 3.05. The Kier molecular flexibility index (Phi) is 5.01. The molecule has 2 aliphatic rings. The molecule has 2 saturated heterocycles. The van der Waals surface area contributed by atoms with Crippen LogP contribution in [0.3, 0.4) is 0 Å². The minimum absolute atomic E-state index is 0.0491. The molecule has 4 nitrogen and oxygen atoms in total. The minimum atomic E-state index is 0.0491. The molecular weight excluding hydrogens is 232 g/mol. The van der Waals surface area contributed by atoms with Crippen molar-refractivity contribution in [3.05, 3.63) is 0 Å². The molecular formula is C14H26O4. The van der Waals surface area contributed by atoms with Crippen molar-refractivity contribution in [1.29, 1.82) is 0 Å². The highest BCUT2D eigenvalue weighted by atomic mass is 16.6. The van der Waals surface area contributed by atoms with Gasteiger partial charge in [-0.05, 0) is 26.7 Å². The third-order valence-corrected chi connectivity index (χ3v) is 3.93. The van der Waals surface area contributed by atoms with Crippen LogP contribution in [0.1, 0.15) is 40.5 Å². The van der Waals surface area contributed by atoms with Crippen molar-refractivity contribution in [3.8, 4) is 0 Å². The average molecular weight is 258 g/mol. The molecule has 0 spiro atoms. The first-order valence-corrected chi connectivity index (χ1v) is 7.19. The quantitative estimate of drug-likeness (QED) is 0.731. The van der Waals surface area contributed by atoms with Crippen molar-refractivity contribution in [2.75, 3.05) is 13.2 Å². The van der Waals surface area contributed by atoms with Gasteiger partial charge in [0.2, 0.25) is 0 Å². The number of hydrogen-bond acceptors (Lipinski definition) is 4. The van der Waals surface area contributed by atoms with Crippen molar-refractivity contribution in [1.82, 2.24) is 0 Å². The van der Waals surface area contributed by atoms with Crippen LogP contribution in [-0.4, -0.2) is 49.8 Å². The summed E-state index contributed by atoms with van der Waals surface area (Å²) in [6, 6.07) is 0. The molecule has 0 amide bonds. The van der Waals surface area contributed by atoms with Crippen LogP contribution in [0.25, 0.3) is 0 Å². The summed E-state index contributed by atoms with van der Waals surface area (Å²) in [5.41, 5.74) is 0. The molecule has 0 aromatic carbocycles. The third-order valence-electron chi connectivity index (χ3n) is 3.93. The van der Waals surface area contributed by atoms with E-state index in [9.17, 15) is 0 Å². The molecule has 2 fully saturated rings. The second-order valence-corrected chi connectivity index (χ2v) is 5.38. The van der Waals surface area contributed by atoms with Gasteiger partial charge in [-0.15, -0.1) is 0 Å². The number of hydrogen-bond donors (Lipinski definition) is 0. The highest BCUT2D eigenvalue weighted by Crippen LogP contribution is 2.31. The Labute approximate surface area is 110 Å². The maximum atomic E-state index is 5.95. The van der Waals surface area contributed by atoms with Gasteiger partial charge in [-0.1, -0.05) is 13.8 Å². The van der Waals surface area contributed by atoms with Gasteiger partial charge in [0.15, 0.2) is 0 Å². The van der Waals surface area contributed by atoms with Gasteiger partial charge in [0.05, 0.1) is 25.4 Å². The Morgan fingerprint density at radius 3 is 1.61 bits per heavy atom. The van der Waals surface area contributed by atoms with Crippen molar-refractivity contribution in [2.24, 2.45) is 0 Å². The van der Waals surface area contributed by atoms with Gasteiger partial charge in [-0.25, -0.2) is 0 Å². The Balaban J connectivity index is 1.86. The van der Waals surface area contributed by atoms with E-state index < -0.39 is 0 Å². The van der Waals surface area contributed by atoms with E-state index in [1.807, 2.05) is 0 Å². The van der Waals surface area contributed by atoms with E-state index in [1.54, 1.807) is 0 Å². The fraction of sp³-hybridized carbons (Fsp3) is 1.00. The monoisotopic (exact) mass is 258 g/mol. The van der Waals surface area contributed by atoms with Crippen LogP contribution in [0, 0.1) is 0 Å². The van der Waals surface area contributed by atoms with E-state index in [-0.39, 0.29) is 36.6 Å². The lowest BCUT2D eigenvalue weighted by Gasteiger charge is -2.21. The Morgan fingerprint density at radius 2 is 1.28 bits per heavy atom. The predicted octanol–water partition coefficient (Wildman–Crippen LogP) is 2.15. The van der Waals surface area contributed by atoms with Gasteiger partial charge in [-0.3, -0.25) is 0 Å². The normalized spacial score (nSPS) is 38.7. The Bertz CT molecular complexity index is 232. The predicted molar refractivity (Wildman–Crippen MR) is 68.7 cm³/mol. The zero-order chi connectivity index (χ0) is 13.1. The summed E-state index contributed by atoms with van der Waals surface area (Å²) in [5, 5.41) is 0. The zero-order valence-corrected chi connectivity index (χ0v) is 11.9. The molecule has 0 radical (unpaired) electrons. The van der Waals surface area contributed by atoms with E-state index >= 15 is 0 Å². The topological polar surface area (TPSA) is 36.9 Å². The molecule has 106 valence electrons. The van der Waals surface area contributed by atoms with Gasteiger partial charge in [0.1, 0.15) is 24.4 Å². The molecule has 2 aliphatic heterocycles. The van der Waals surface area contributed by atoms with Crippen molar-refractivity contribution < 1.29 is 18.9 Å². The lowest BCUT2D eigenvalue weighted by atomic mass is 10.1. The van der Waals surface area contributed by atoms with Crippen LogP contribution in [-0.2, 0) is 18.9 Å². The molecule has 2 rings (SSSR count). The van der Waals surface area contributed by atoms with Gasteiger partial charge in [0, 0.05) is 0 Å². The first-order valence-electron chi connectivity index (χ1n) is 7.19. The molecule has 6 atom stereocenters. The number of fused-ring (bicyclic) bond motifs is 1. The van der Waals surface area contributed by atoms with Gasteiger partial charge in [-0.2, -0.15) is 0 Å². The summed E-state index contributed by atoms with van der Waals surface area (Å²) in [5.74, 6) is 0. The van der Waals surface area contributed by atoms with Gasteiger partial charge < -0.3 is 18.9 Å². The SMILES string of the molecule is CCC(C)OC1COC2C(OC(C)CC)COC12. The molecule has 0 saturated carbocycles. The molecule has 6 unspecified atom stereocenters. The molecule has 0 aromatic heterocycles. The maximum absolute atomic E-state index is 5.95. The largest absolute Gasteiger partial charge is 0.370 e. The standard InChI is InChI=1S/C14H26O4/c1-5-9(3)17-11-7-15-14-12(8-16-13(11)14)18-10(4)6-2/h9-14H,5-8H2,1-4H3. The van der Waals surface area contributed by atoms with Crippen LogP contribution in [0.4, 0.5) is 0 Å². The summed E-state index contributed by atoms with van der Waals surface area (Å²) in [6.45, 7) is 9.69. The summed E-state index contributed by atoms with van der Waals surface area (Å²) in [6.07, 6.45) is 2.78. The second-order valence-electron chi connectivity index (χ2n) is 5.38. The molecule has 4 heteroatoms. The van der Waals surface area contributed by atoms with Crippen LogP contribution in [0.15, 0.2) is 0 Å². The lowest BCUT2D eigenvalue weighted by Crippen LogP contribution is -2.36. The van der Waals surface area contributed by atoms with Crippen LogP contribution in [0.2, 0.25) is 0 Å². The second kappa shape index (κ2) is 6.33. The fourth-order valence-corrected chi connectivity index (χ4v) is 2.45. The van der Waals surface area contributed by atoms with Gasteiger partial charge in [0.25, 0.3) is 0 Å². The summed E-state index contributed by atoms with van der Waals surface area (Å²) in [4.78, 5) is 0. The van der Waals surface area contributed by atoms with E-state index in [1.165, 1.54) is 0 Å². The number of ether oxygens (including phenoxy) is 4. The first-order chi connectivity index (χ1) is 8.65. The van der Waals surface area contributed by atoms with Crippen LogP contribution < -0.4 is 0 Å². The van der Waals surface area contributed by atoms with Crippen molar-refractivity contribution in [3.63, 3.8) is 0 Å². The minimum Gasteiger partial charge on any atom is -0.370 e. The lowest BCUT2D eigenvalue weighted by molar-refractivity contribution is -0.0815. The maximum Gasteiger partial charge on any atom is 0.115 e. The van der Waals surface area contributed by atoms with E-state index in [0.29, 0.717) is 13.2 Å². The Hall–Kier alpha value is -0.160. The molecule has 0 aliphatic carbocycles.